The number of benzene rings is 2. The minimum absolute atomic E-state index is 0.248. The Kier molecular flexibility index (Phi) is 5.89. The molecule has 12 heteroatoms. The third kappa shape index (κ3) is 4.50. The highest BCUT2D eigenvalue weighted by atomic mass is 19.1. The molecule has 36 heavy (non-hydrogen) atoms. The molecule has 0 aliphatic rings. The Bertz CT molecular complexity index is 1510. The van der Waals surface area contributed by atoms with Crippen LogP contribution in [0.3, 0.4) is 0 Å². The zero-order valence-electron chi connectivity index (χ0n) is 18.6. The van der Waals surface area contributed by atoms with Crippen molar-refractivity contribution < 1.29 is 18.4 Å². The number of hydrogen-bond acceptors (Lipinski definition) is 6. The molecule has 0 aliphatic heterocycles. The van der Waals surface area contributed by atoms with Crippen molar-refractivity contribution in [2.45, 2.75) is 0 Å². The van der Waals surface area contributed by atoms with Crippen LogP contribution in [0.15, 0.2) is 83.7 Å². The number of carbonyl (C=O) groups is 2. The van der Waals surface area contributed by atoms with E-state index in [1.165, 1.54) is 29.4 Å². The molecule has 0 radical (unpaired) electrons. The van der Waals surface area contributed by atoms with Gasteiger partial charge in [-0.05, 0) is 60.7 Å². The van der Waals surface area contributed by atoms with Crippen LogP contribution in [-0.4, -0.2) is 31.8 Å². The van der Waals surface area contributed by atoms with Crippen molar-refractivity contribution in [2.24, 2.45) is 0 Å². The molecule has 180 valence electrons. The van der Waals surface area contributed by atoms with Crippen molar-refractivity contribution in [2.75, 3.05) is 21.7 Å². The lowest BCUT2D eigenvalue weighted by molar-refractivity contribution is -0.105. The fourth-order valence-electron chi connectivity index (χ4n) is 3.51. The number of nitrogens with one attached hydrogen (secondary N) is 3. The highest BCUT2D eigenvalue weighted by Gasteiger charge is 2.16. The van der Waals surface area contributed by atoms with Gasteiger partial charge in [0.2, 0.25) is 6.41 Å². The maximum atomic E-state index is 13.4. The van der Waals surface area contributed by atoms with Gasteiger partial charge in [-0.1, -0.05) is 0 Å². The maximum Gasteiger partial charge on any atom is 0.324 e. The van der Waals surface area contributed by atoms with Crippen molar-refractivity contribution in [1.82, 2.24) is 19.3 Å². The predicted molar refractivity (Wildman–Crippen MR) is 132 cm³/mol. The molecule has 3 aromatic heterocycles. The molecular weight excluding hydrogens is 467 g/mol. The zero-order valence-corrected chi connectivity index (χ0v) is 18.6. The monoisotopic (exact) mass is 486 g/mol. The predicted octanol–water partition coefficient (Wildman–Crippen LogP) is 4.25. The van der Waals surface area contributed by atoms with E-state index in [2.05, 4.69) is 26.0 Å². The van der Waals surface area contributed by atoms with Gasteiger partial charge in [-0.25, -0.2) is 18.9 Å². The fraction of sp³-hybridized carbons (Fsp3) is 0. The number of anilines is 4. The summed E-state index contributed by atoms with van der Waals surface area (Å²) in [5, 5.41) is 12.4. The van der Waals surface area contributed by atoms with E-state index in [0.717, 1.165) is 0 Å². The summed E-state index contributed by atoms with van der Waals surface area (Å²) in [5.74, 6) is 0.991. The smallest absolute Gasteiger partial charge is 0.324 e. The van der Waals surface area contributed by atoms with Crippen LogP contribution < -0.4 is 21.7 Å². The van der Waals surface area contributed by atoms with Crippen LogP contribution in [0, 0.1) is 5.82 Å². The maximum absolute atomic E-state index is 13.4. The molecule has 0 unspecified atom stereocenters. The molecule has 0 aliphatic carbocycles. The van der Waals surface area contributed by atoms with E-state index < -0.39 is 6.03 Å². The number of rotatable bonds is 7. The first-order valence-electron chi connectivity index (χ1n) is 10.6. The van der Waals surface area contributed by atoms with Crippen LogP contribution >= 0.6 is 0 Å². The van der Waals surface area contributed by atoms with Crippen molar-refractivity contribution in [1.29, 1.82) is 0 Å². The Morgan fingerprint density at radius 2 is 1.78 bits per heavy atom. The molecule has 0 spiro atoms. The number of nitrogens with two attached hydrogens (primary N) is 1. The second-order valence-electron chi connectivity index (χ2n) is 7.52. The van der Waals surface area contributed by atoms with Gasteiger partial charge >= 0.3 is 6.03 Å². The van der Waals surface area contributed by atoms with Crippen LogP contribution in [-0.2, 0) is 4.79 Å². The van der Waals surface area contributed by atoms with Gasteiger partial charge < -0.3 is 20.8 Å². The van der Waals surface area contributed by atoms with Crippen LogP contribution in [0.5, 0.6) is 0 Å². The molecular formula is C24H19FN8O3. The van der Waals surface area contributed by atoms with Crippen LogP contribution in [0.1, 0.15) is 0 Å². The summed E-state index contributed by atoms with van der Waals surface area (Å²) < 4.78 is 21.9. The minimum Gasteiger partial charge on any atom is -0.463 e. The average Bonchev–Trinajstić information content (AvgIpc) is 3.62. The quantitative estimate of drug-likeness (QED) is 0.253. The zero-order chi connectivity index (χ0) is 25.1. The molecule has 0 saturated heterocycles. The molecule has 0 atom stereocenters. The molecule has 11 nitrogen and oxygen atoms in total. The number of carbonyl (C=O) groups excluding carboxylic acids is 2. The third-order valence-electron chi connectivity index (χ3n) is 5.20. The lowest BCUT2D eigenvalue weighted by Crippen LogP contribution is -2.21. The second-order valence-corrected chi connectivity index (χ2v) is 7.52. The van der Waals surface area contributed by atoms with Crippen molar-refractivity contribution >= 4 is 35.6 Å². The van der Waals surface area contributed by atoms with Crippen molar-refractivity contribution in [3.63, 3.8) is 0 Å². The lowest BCUT2D eigenvalue weighted by atomic mass is 10.3. The fourth-order valence-corrected chi connectivity index (χ4v) is 3.51. The van der Waals surface area contributed by atoms with Gasteiger partial charge in [0, 0.05) is 17.4 Å². The van der Waals surface area contributed by atoms with Gasteiger partial charge in [0.1, 0.15) is 23.7 Å². The Hall–Kier alpha value is -5.39. The van der Waals surface area contributed by atoms with E-state index in [1.807, 2.05) is 0 Å². The summed E-state index contributed by atoms with van der Waals surface area (Å²) in [7, 11) is 0. The van der Waals surface area contributed by atoms with Crippen molar-refractivity contribution in [3.8, 4) is 22.8 Å². The number of nitrogen functional groups attached to an aromatic ring is 1. The van der Waals surface area contributed by atoms with Crippen LogP contribution in [0.2, 0.25) is 0 Å². The summed E-state index contributed by atoms with van der Waals surface area (Å²) in [4.78, 5) is 27.5. The topological polar surface area (TPSA) is 145 Å². The minimum atomic E-state index is -0.517. The van der Waals surface area contributed by atoms with E-state index in [-0.39, 0.29) is 17.5 Å². The molecule has 0 fully saturated rings. The number of imidazole rings is 1. The Balaban J connectivity index is 1.34. The normalized spacial score (nSPS) is 10.7. The molecule has 5 rings (SSSR count). The molecule has 0 bridgehead atoms. The van der Waals surface area contributed by atoms with Crippen LogP contribution in [0.25, 0.3) is 22.8 Å². The standard InChI is InChI=1S/C24H19FN8O3/c25-15-3-7-18(8-4-15)33-21(12-19(31-33)20-2-1-11-36-20)30-24(35)29-16-5-9-17(10-6-16)32-13-27-23(22(32)26)28-14-34/h1-14H,26H2,(H,28,34)(H2,29,30,35). The summed E-state index contributed by atoms with van der Waals surface area (Å²) in [6.45, 7) is 0. The molecule has 5 N–H and O–H groups in total. The first-order chi connectivity index (χ1) is 17.5. The van der Waals surface area contributed by atoms with E-state index in [4.69, 9.17) is 10.2 Å². The molecule has 0 saturated carbocycles. The summed E-state index contributed by atoms with van der Waals surface area (Å²) in [6, 6.07) is 17.2. The van der Waals surface area contributed by atoms with Gasteiger partial charge in [-0.3, -0.25) is 14.7 Å². The molecule has 5 aromatic rings. The van der Waals surface area contributed by atoms with Gasteiger partial charge in [0.05, 0.1) is 12.0 Å². The highest BCUT2D eigenvalue weighted by molar-refractivity contribution is 5.99. The number of furan rings is 1. The first kappa shape index (κ1) is 22.4. The van der Waals surface area contributed by atoms with Gasteiger partial charge in [0.25, 0.3) is 0 Å². The summed E-state index contributed by atoms with van der Waals surface area (Å²) in [5.41, 5.74) is 8.24. The number of halogens is 1. The van der Waals surface area contributed by atoms with Gasteiger partial charge in [-0.2, -0.15) is 5.10 Å². The second kappa shape index (κ2) is 9.46. The third-order valence-corrected chi connectivity index (χ3v) is 5.20. The Morgan fingerprint density at radius 3 is 2.47 bits per heavy atom. The summed E-state index contributed by atoms with van der Waals surface area (Å²) in [6.07, 6.45) is 3.49. The molecule has 2 aromatic carbocycles. The average molecular weight is 486 g/mol. The van der Waals surface area contributed by atoms with Gasteiger partial charge in [0.15, 0.2) is 17.4 Å². The first-order valence-corrected chi connectivity index (χ1v) is 10.6. The van der Waals surface area contributed by atoms with E-state index in [9.17, 15) is 14.0 Å². The lowest BCUT2D eigenvalue weighted by Gasteiger charge is -2.11. The number of nitrogens with zero attached hydrogens (tertiary/aromatic N) is 4. The SMILES string of the molecule is Nc1c(NC=O)ncn1-c1ccc(NC(=O)Nc2cc(-c3ccco3)nn2-c2ccc(F)cc2)cc1. The van der Waals surface area contributed by atoms with Gasteiger partial charge in [-0.15, -0.1) is 0 Å². The highest BCUT2D eigenvalue weighted by Crippen LogP contribution is 2.26. The Morgan fingerprint density at radius 1 is 1.03 bits per heavy atom. The number of amides is 3. The van der Waals surface area contributed by atoms with Crippen LogP contribution in [0.4, 0.5) is 32.3 Å². The van der Waals surface area contributed by atoms with E-state index in [0.29, 0.717) is 40.7 Å². The largest absolute Gasteiger partial charge is 0.463 e. The van der Waals surface area contributed by atoms with E-state index in [1.54, 1.807) is 59.2 Å². The number of urea groups is 1. The molecule has 3 amide bonds. The number of hydrogen-bond donors (Lipinski definition) is 4. The summed E-state index contributed by atoms with van der Waals surface area (Å²) >= 11 is 0. The molecule has 3 heterocycles. The number of aromatic nitrogens is 4. The Labute approximate surface area is 203 Å². The van der Waals surface area contributed by atoms with Crippen molar-refractivity contribution in [3.05, 3.63) is 85.1 Å². The van der Waals surface area contributed by atoms with E-state index >= 15 is 0 Å².